The first-order chi connectivity index (χ1) is 14.7. The number of rotatable bonds is 6. The molecule has 0 heterocycles. The fraction of sp³-hybridized carbons (Fsp3) is 0.519. The molecule has 2 aromatic carbocycles. The smallest absolute Gasteiger partial charge is 0.193 e. The van der Waals surface area contributed by atoms with Crippen LogP contribution in [0.2, 0.25) is 0 Å². The lowest BCUT2D eigenvalue weighted by Gasteiger charge is -2.26. The van der Waals surface area contributed by atoms with E-state index in [0.29, 0.717) is 11.8 Å². The van der Waals surface area contributed by atoms with E-state index in [4.69, 9.17) is 9.47 Å². The van der Waals surface area contributed by atoms with Crippen molar-refractivity contribution < 1.29 is 14.3 Å². The molecule has 2 aliphatic rings. The molecule has 2 fully saturated rings. The van der Waals surface area contributed by atoms with Gasteiger partial charge in [0.2, 0.25) is 0 Å². The maximum atomic E-state index is 13.9. The SMILES string of the molecule is COc1ccc(C(=O)c2ccc(OC)cc2C2CCCCC2)c(C2CCCCC2)c1. The quantitative estimate of drug-likeness (QED) is 0.483. The Morgan fingerprint density at radius 1 is 0.667 bits per heavy atom. The highest BCUT2D eigenvalue weighted by Crippen LogP contribution is 2.40. The van der Waals surface area contributed by atoms with E-state index in [1.54, 1.807) is 14.2 Å². The second-order valence-electron chi connectivity index (χ2n) is 8.91. The molecule has 0 unspecified atom stereocenters. The molecule has 3 heteroatoms. The molecule has 160 valence electrons. The zero-order chi connectivity index (χ0) is 20.9. The number of hydrogen-bond acceptors (Lipinski definition) is 3. The van der Waals surface area contributed by atoms with Crippen LogP contribution in [0.5, 0.6) is 11.5 Å². The molecule has 0 saturated heterocycles. The lowest BCUT2D eigenvalue weighted by Crippen LogP contribution is -2.15. The summed E-state index contributed by atoms with van der Waals surface area (Å²) in [6, 6.07) is 12.0. The normalized spacial score (nSPS) is 18.2. The van der Waals surface area contributed by atoms with Gasteiger partial charge in [0.05, 0.1) is 14.2 Å². The van der Waals surface area contributed by atoms with Gasteiger partial charge in [0.15, 0.2) is 5.78 Å². The largest absolute Gasteiger partial charge is 0.497 e. The van der Waals surface area contributed by atoms with E-state index in [0.717, 1.165) is 48.3 Å². The highest BCUT2D eigenvalue weighted by atomic mass is 16.5. The highest BCUT2D eigenvalue weighted by Gasteiger charge is 2.27. The number of carbonyl (C=O) groups is 1. The Labute approximate surface area is 180 Å². The molecule has 0 aromatic heterocycles. The van der Waals surface area contributed by atoms with Gasteiger partial charge in [0, 0.05) is 11.1 Å². The third-order valence-electron chi connectivity index (χ3n) is 7.10. The van der Waals surface area contributed by atoms with E-state index in [-0.39, 0.29) is 5.78 Å². The number of hydrogen-bond donors (Lipinski definition) is 0. The van der Waals surface area contributed by atoms with Crippen molar-refractivity contribution in [2.45, 2.75) is 76.0 Å². The Kier molecular flexibility index (Phi) is 6.76. The van der Waals surface area contributed by atoms with Crippen LogP contribution in [0, 0.1) is 0 Å². The van der Waals surface area contributed by atoms with Gasteiger partial charge in [-0.15, -0.1) is 0 Å². The minimum absolute atomic E-state index is 0.154. The van der Waals surface area contributed by atoms with Crippen LogP contribution in [0.4, 0.5) is 0 Å². The summed E-state index contributed by atoms with van der Waals surface area (Å²) in [4.78, 5) is 13.9. The van der Waals surface area contributed by atoms with Crippen molar-refractivity contribution >= 4 is 5.78 Å². The second kappa shape index (κ2) is 9.68. The fourth-order valence-electron chi connectivity index (χ4n) is 5.40. The van der Waals surface area contributed by atoms with Gasteiger partial charge in [-0.25, -0.2) is 0 Å². The van der Waals surface area contributed by atoms with E-state index >= 15 is 0 Å². The Balaban J connectivity index is 1.75. The minimum atomic E-state index is 0.154. The van der Waals surface area contributed by atoms with E-state index < -0.39 is 0 Å². The van der Waals surface area contributed by atoms with Crippen LogP contribution in [-0.4, -0.2) is 20.0 Å². The monoisotopic (exact) mass is 406 g/mol. The molecule has 0 radical (unpaired) electrons. The fourth-order valence-corrected chi connectivity index (χ4v) is 5.40. The first-order valence-electron chi connectivity index (χ1n) is 11.6. The van der Waals surface area contributed by atoms with Crippen molar-refractivity contribution in [3.63, 3.8) is 0 Å². The lowest BCUT2D eigenvalue weighted by atomic mass is 9.78. The first kappa shape index (κ1) is 21.0. The van der Waals surface area contributed by atoms with E-state index in [1.807, 2.05) is 24.3 Å². The molecule has 0 amide bonds. The number of methoxy groups -OCH3 is 2. The predicted molar refractivity (Wildman–Crippen MR) is 121 cm³/mol. The van der Waals surface area contributed by atoms with Crippen molar-refractivity contribution in [2.24, 2.45) is 0 Å². The maximum Gasteiger partial charge on any atom is 0.193 e. The van der Waals surface area contributed by atoms with Crippen LogP contribution in [0.1, 0.15) is 103 Å². The number of ketones is 1. The molecule has 3 nitrogen and oxygen atoms in total. The van der Waals surface area contributed by atoms with Crippen molar-refractivity contribution in [1.82, 2.24) is 0 Å². The van der Waals surface area contributed by atoms with Gasteiger partial charge >= 0.3 is 0 Å². The Bertz CT molecular complexity index is 802. The van der Waals surface area contributed by atoms with Gasteiger partial charge in [0.1, 0.15) is 11.5 Å². The average molecular weight is 407 g/mol. The Morgan fingerprint density at radius 2 is 1.07 bits per heavy atom. The van der Waals surface area contributed by atoms with Crippen LogP contribution < -0.4 is 9.47 Å². The van der Waals surface area contributed by atoms with Crippen molar-refractivity contribution in [3.05, 3.63) is 58.7 Å². The molecule has 2 aliphatic carbocycles. The summed E-state index contributed by atoms with van der Waals surface area (Å²) in [6.45, 7) is 0. The van der Waals surface area contributed by atoms with Crippen molar-refractivity contribution in [2.75, 3.05) is 14.2 Å². The number of carbonyl (C=O) groups excluding carboxylic acids is 1. The van der Waals surface area contributed by atoms with Gasteiger partial charge < -0.3 is 9.47 Å². The summed E-state index contributed by atoms with van der Waals surface area (Å²) in [7, 11) is 3.40. The van der Waals surface area contributed by atoms with Crippen molar-refractivity contribution in [3.8, 4) is 11.5 Å². The summed E-state index contributed by atoms with van der Waals surface area (Å²) >= 11 is 0. The molecule has 0 spiro atoms. The Hall–Kier alpha value is -2.29. The molecule has 0 aliphatic heterocycles. The molecule has 2 saturated carbocycles. The molecular weight excluding hydrogens is 372 g/mol. The summed E-state index contributed by atoms with van der Waals surface area (Å²) in [5.41, 5.74) is 4.05. The van der Waals surface area contributed by atoms with Gasteiger partial charge in [-0.05, 0) is 85.0 Å². The standard InChI is InChI=1S/C27H34O3/c1-29-21-13-15-23(25(17-21)19-9-5-3-6-10-19)27(28)24-16-14-22(30-2)18-26(24)20-11-7-4-8-12-20/h13-20H,3-12H2,1-2H3. The summed E-state index contributed by atoms with van der Waals surface area (Å²) in [6.07, 6.45) is 12.2. The van der Waals surface area contributed by atoms with E-state index in [1.165, 1.54) is 49.7 Å². The topological polar surface area (TPSA) is 35.5 Å². The summed E-state index contributed by atoms with van der Waals surface area (Å²) in [5, 5.41) is 0. The van der Waals surface area contributed by atoms with Crippen LogP contribution in [0.25, 0.3) is 0 Å². The van der Waals surface area contributed by atoms with E-state index in [2.05, 4.69) is 12.1 Å². The lowest BCUT2D eigenvalue weighted by molar-refractivity contribution is 0.103. The highest BCUT2D eigenvalue weighted by molar-refractivity contribution is 6.11. The molecular formula is C27H34O3. The van der Waals surface area contributed by atoms with Crippen LogP contribution >= 0.6 is 0 Å². The third kappa shape index (κ3) is 4.40. The summed E-state index contributed by atoms with van der Waals surface area (Å²) < 4.78 is 11.0. The zero-order valence-corrected chi connectivity index (χ0v) is 18.4. The van der Waals surface area contributed by atoms with Gasteiger partial charge in [0.25, 0.3) is 0 Å². The number of ether oxygens (including phenoxy) is 2. The first-order valence-corrected chi connectivity index (χ1v) is 11.6. The zero-order valence-electron chi connectivity index (χ0n) is 18.4. The molecule has 0 N–H and O–H groups in total. The summed E-state index contributed by atoms with van der Waals surface area (Å²) in [5.74, 6) is 2.73. The van der Waals surface area contributed by atoms with E-state index in [9.17, 15) is 4.79 Å². The van der Waals surface area contributed by atoms with Gasteiger partial charge in [-0.2, -0.15) is 0 Å². The maximum absolute atomic E-state index is 13.9. The van der Waals surface area contributed by atoms with Gasteiger partial charge in [-0.1, -0.05) is 38.5 Å². The number of benzene rings is 2. The molecule has 0 bridgehead atoms. The van der Waals surface area contributed by atoms with Crippen LogP contribution in [0.3, 0.4) is 0 Å². The van der Waals surface area contributed by atoms with Crippen LogP contribution in [-0.2, 0) is 0 Å². The molecule has 30 heavy (non-hydrogen) atoms. The minimum Gasteiger partial charge on any atom is -0.497 e. The van der Waals surface area contributed by atoms with Gasteiger partial charge in [-0.3, -0.25) is 4.79 Å². The van der Waals surface area contributed by atoms with Crippen LogP contribution in [0.15, 0.2) is 36.4 Å². The van der Waals surface area contributed by atoms with Crippen molar-refractivity contribution in [1.29, 1.82) is 0 Å². The molecule has 4 rings (SSSR count). The third-order valence-corrected chi connectivity index (χ3v) is 7.10. The Morgan fingerprint density at radius 3 is 1.43 bits per heavy atom. The predicted octanol–water partition coefficient (Wildman–Crippen LogP) is 7.03. The molecule has 2 aromatic rings. The molecule has 0 atom stereocenters. The average Bonchev–Trinajstić information content (AvgIpc) is 2.84. The second-order valence-corrected chi connectivity index (χ2v) is 8.91.